The standard InChI is InChI=1S/C22H17F3N4O/c23-17-6-2-5-15(20(17)24)19(11-26)27-22(30)14-4-1-3-12(9-14)13-7-8-18-16(10-13)21(25)29-28-18/h1-10,19H,11,26H2,(H,27,30)(H,28,29). The van der Waals surface area contributed by atoms with Crippen molar-refractivity contribution in [2.45, 2.75) is 6.04 Å². The van der Waals surface area contributed by atoms with Crippen molar-refractivity contribution in [3.8, 4) is 11.1 Å². The third kappa shape index (κ3) is 3.65. The van der Waals surface area contributed by atoms with Crippen molar-refractivity contribution in [1.29, 1.82) is 0 Å². The van der Waals surface area contributed by atoms with E-state index in [2.05, 4.69) is 15.5 Å². The van der Waals surface area contributed by atoms with Crippen LogP contribution >= 0.6 is 0 Å². The maximum Gasteiger partial charge on any atom is 0.251 e. The van der Waals surface area contributed by atoms with Gasteiger partial charge in [-0.25, -0.2) is 8.78 Å². The van der Waals surface area contributed by atoms with Crippen LogP contribution in [-0.2, 0) is 0 Å². The lowest BCUT2D eigenvalue weighted by Gasteiger charge is -2.18. The Labute approximate surface area is 169 Å². The van der Waals surface area contributed by atoms with Gasteiger partial charge in [0.2, 0.25) is 5.95 Å². The molecule has 5 nitrogen and oxygen atoms in total. The molecule has 0 aliphatic rings. The number of hydrogen-bond donors (Lipinski definition) is 3. The lowest BCUT2D eigenvalue weighted by molar-refractivity contribution is 0.0937. The molecule has 8 heteroatoms. The fourth-order valence-electron chi connectivity index (χ4n) is 3.29. The van der Waals surface area contributed by atoms with E-state index in [-0.39, 0.29) is 12.1 Å². The highest BCUT2D eigenvalue weighted by atomic mass is 19.2. The molecule has 0 aliphatic heterocycles. The highest BCUT2D eigenvalue weighted by molar-refractivity contribution is 5.96. The lowest BCUT2D eigenvalue weighted by atomic mass is 10.0. The molecular weight excluding hydrogens is 393 g/mol. The number of amides is 1. The van der Waals surface area contributed by atoms with Gasteiger partial charge >= 0.3 is 0 Å². The van der Waals surface area contributed by atoms with Crippen molar-refractivity contribution in [3.63, 3.8) is 0 Å². The minimum Gasteiger partial charge on any atom is -0.344 e. The van der Waals surface area contributed by atoms with Crippen LogP contribution < -0.4 is 11.1 Å². The van der Waals surface area contributed by atoms with E-state index in [4.69, 9.17) is 5.73 Å². The van der Waals surface area contributed by atoms with Gasteiger partial charge in [-0.05, 0) is 41.5 Å². The molecule has 1 aromatic heterocycles. The van der Waals surface area contributed by atoms with E-state index in [1.54, 1.807) is 42.5 Å². The maximum atomic E-state index is 14.1. The summed E-state index contributed by atoms with van der Waals surface area (Å²) in [6.45, 7) is -0.109. The second-order valence-corrected chi connectivity index (χ2v) is 6.76. The molecule has 3 aromatic carbocycles. The van der Waals surface area contributed by atoms with Crippen LogP contribution in [0.4, 0.5) is 13.2 Å². The molecule has 1 atom stereocenters. The van der Waals surface area contributed by atoms with E-state index in [0.29, 0.717) is 27.6 Å². The fraction of sp³-hybridized carbons (Fsp3) is 0.0909. The summed E-state index contributed by atoms with van der Waals surface area (Å²) >= 11 is 0. The van der Waals surface area contributed by atoms with Crippen molar-refractivity contribution < 1.29 is 18.0 Å². The second kappa shape index (κ2) is 8.00. The average Bonchev–Trinajstić information content (AvgIpc) is 3.14. The van der Waals surface area contributed by atoms with Crippen LogP contribution in [0, 0.1) is 17.6 Å². The molecule has 0 fully saturated rings. The number of benzene rings is 3. The summed E-state index contributed by atoms with van der Waals surface area (Å²) in [6, 6.07) is 14.6. The number of carbonyl (C=O) groups excluding carboxylic acids is 1. The van der Waals surface area contributed by atoms with Crippen molar-refractivity contribution in [2.24, 2.45) is 5.73 Å². The predicted molar refractivity (Wildman–Crippen MR) is 107 cm³/mol. The third-order valence-electron chi connectivity index (χ3n) is 4.86. The average molecular weight is 410 g/mol. The molecule has 0 bridgehead atoms. The van der Waals surface area contributed by atoms with E-state index in [0.717, 1.165) is 6.07 Å². The molecule has 152 valence electrons. The summed E-state index contributed by atoms with van der Waals surface area (Å²) in [7, 11) is 0. The number of nitrogens with one attached hydrogen (secondary N) is 2. The Bertz CT molecular complexity index is 1240. The second-order valence-electron chi connectivity index (χ2n) is 6.76. The van der Waals surface area contributed by atoms with Crippen LogP contribution in [-0.4, -0.2) is 22.6 Å². The van der Waals surface area contributed by atoms with Crippen LogP contribution in [0.2, 0.25) is 0 Å². The zero-order valence-electron chi connectivity index (χ0n) is 15.6. The zero-order valence-corrected chi connectivity index (χ0v) is 15.6. The first-order valence-electron chi connectivity index (χ1n) is 9.17. The lowest BCUT2D eigenvalue weighted by Crippen LogP contribution is -2.34. The van der Waals surface area contributed by atoms with Crippen LogP contribution in [0.15, 0.2) is 60.7 Å². The van der Waals surface area contributed by atoms with Crippen molar-refractivity contribution in [1.82, 2.24) is 15.5 Å². The molecule has 4 rings (SSSR count). The summed E-state index contributed by atoms with van der Waals surface area (Å²) in [5, 5.41) is 9.11. The first-order chi connectivity index (χ1) is 14.5. The van der Waals surface area contributed by atoms with Crippen LogP contribution in [0.25, 0.3) is 22.0 Å². The van der Waals surface area contributed by atoms with Gasteiger partial charge in [0.25, 0.3) is 5.91 Å². The normalized spacial score (nSPS) is 12.1. The minimum absolute atomic E-state index is 0.0251. The van der Waals surface area contributed by atoms with Gasteiger partial charge in [-0.15, -0.1) is 0 Å². The van der Waals surface area contributed by atoms with E-state index in [1.165, 1.54) is 12.1 Å². The molecule has 0 saturated carbocycles. The van der Waals surface area contributed by atoms with Gasteiger partial charge < -0.3 is 11.1 Å². The number of hydrogen-bond acceptors (Lipinski definition) is 3. The van der Waals surface area contributed by atoms with E-state index < -0.39 is 29.5 Å². The van der Waals surface area contributed by atoms with E-state index in [1.807, 2.05) is 0 Å². The maximum absolute atomic E-state index is 14.1. The van der Waals surface area contributed by atoms with Gasteiger partial charge in [-0.2, -0.15) is 9.49 Å². The van der Waals surface area contributed by atoms with Gasteiger partial charge in [0.15, 0.2) is 11.6 Å². The Balaban J connectivity index is 1.61. The van der Waals surface area contributed by atoms with Gasteiger partial charge in [-0.1, -0.05) is 30.3 Å². The molecular formula is C22H17F3N4O. The van der Waals surface area contributed by atoms with Gasteiger partial charge in [-0.3, -0.25) is 9.89 Å². The topological polar surface area (TPSA) is 83.8 Å². The predicted octanol–water partition coefficient (Wildman–Crippen LogP) is 4.08. The third-order valence-corrected chi connectivity index (χ3v) is 4.86. The van der Waals surface area contributed by atoms with Crippen molar-refractivity contribution >= 4 is 16.8 Å². The fourth-order valence-corrected chi connectivity index (χ4v) is 3.29. The Morgan fingerprint density at radius 1 is 1.03 bits per heavy atom. The zero-order chi connectivity index (χ0) is 21.3. The van der Waals surface area contributed by atoms with Crippen LogP contribution in [0.1, 0.15) is 22.0 Å². The molecule has 4 N–H and O–H groups in total. The molecule has 30 heavy (non-hydrogen) atoms. The number of nitrogens with two attached hydrogens (primary N) is 1. The van der Waals surface area contributed by atoms with Gasteiger partial charge in [0.1, 0.15) is 0 Å². The summed E-state index contributed by atoms with van der Waals surface area (Å²) in [6.07, 6.45) is 0. The number of fused-ring (bicyclic) bond motifs is 1. The number of nitrogens with zero attached hydrogens (tertiary/aromatic N) is 1. The SMILES string of the molecule is NCC(NC(=O)c1cccc(-c2ccc3n[nH]c(F)c3c2)c1)c1cccc(F)c1F. The molecule has 0 saturated heterocycles. The summed E-state index contributed by atoms with van der Waals surface area (Å²) in [4.78, 5) is 12.7. The number of halogens is 3. The number of aromatic nitrogens is 2. The van der Waals surface area contributed by atoms with Gasteiger partial charge in [0, 0.05) is 17.7 Å². The number of H-pyrrole nitrogens is 1. The van der Waals surface area contributed by atoms with Crippen LogP contribution in [0.5, 0.6) is 0 Å². The number of rotatable bonds is 5. The Morgan fingerprint density at radius 3 is 2.60 bits per heavy atom. The van der Waals surface area contributed by atoms with E-state index in [9.17, 15) is 18.0 Å². The molecule has 1 heterocycles. The molecule has 0 radical (unpaired) electrons. The molecule has 4 aromatic rings. The summed E-state index contributed by atoms with van der Waals surface area (Å²) in [5.41, 5.74) is 7.83. The molecule has 0 spiro atoms. The number of aromatic amines is 1. The quantitative estimate of drug-likeness (QED) is 0.464. The van der Waals surface area contributed by atoms with E-state index >= 15 is 0 Å². The Morgan fingerprint density at radius 2 is 1.80 bits per heavy atom. The molecule has 1 unspecified atom stereocenters. The first kappa shape index (κ1) is 19.7. The smallest absolute Gasteiger partial charge is 0.251 e. The highest BCUT2D eigenvalue weighted by Gasteiger charge is 2.20. The van der Waals surface area contributed by atoms with Crippen molar-refractivity contribution in [3.05, 3.63) is 89.4 Å². The number of carbonyl (C=O) groups is 1. The highest BCUT2D eigenvalue weighted by Crippen LogP contribution is 2.26. The Kier molecular flexibility index (Phi) is 5.24. The van der Waals surface area contributed by atoms with Gasteiger partial charge in [0.05, 0.1) is 16.9 Å². The minimum atomic E-state index is -1.04. The van der Waals surface area contributed by atoms with Crippen LogP contribution in [0.3, 0.4) is 0 Å². The molecule has 0 aliphatic carbocycles. The van der Waals surface area contributed by atoms with Crippen molar-refractivity contribution in [2.75, 3.05) is 6.54 Å². The molecule has 1 amide bonds. The largest absolute Gasteiger partial charge is 0.344 e. The Hall–Kier alpha value is -3.65. The monoisotopic (exact) mass is 410 g/mol. The summed E-state index contributed by atoms with van der Waals surface area (Å²) in [5.74, 6) is -3.09. The first-order valence-corrected chi connectivity index (χ1v) is 9.17. The summed E-state index contributed by atoms with van der Waals surface area (Å²) < 4.78 is 41.4.